The zero-order chi connectivity index (χ0) is 13.9. The van der Waals surface area contributed by atoms with Crippen LogP contribution in [0.5, 0.6) is 0 Å². The van der Waals surface area contributed by atoms with Crippen LogP contribution >= 0.6 is 0 Å². The number of carbonyl (C=O) groups is 1. The molecule has 4 heteroatoms. The average Bonchev–Trinajstić information content (AvgIpc) is 2.42. The monoisotopic (exact) mass is 260 g/mol. The SMILES string of the molecule is Cc1ccc(NC(=O)C2(C#N)CCCCC2)c(F)c1. The van der Waals surface area contributed by atoms with Gasteiger partial charge in [-0.25, -0.2) is 4.39 Å². The third-order valence-electron chi connectivity index (χ3n) is 3.73. The molecular weight excluding hydrogens is 243 g/mol. The van der Waals surface area contributed by atoms with Gasteiger partial charge in [0.2, 0.25) is 5.91 Å². The van der Waals surface area contributed by atoms with Crippen LogP contribution in [-0.2, 0) is 4.79 Å². The zero-order valence-electron chi connectivity index (χ0n) is 11.0. The molecule has 0 spiro atoms. The molecule has 1 aromatic rings. The van der Waals surface area contributed by atoms with Gasteiger partial charge in [-0.1, -0.05) is 25.3 Å². The van der Waals surface area contributed by atoms with Gasteiger partial charge in [-0.15, -0.1) is 0 Å². The lowest BCUT2D eigenvalue weighted by Gasteiger charge is -2.29. The van der Waals surface area contributed by atoms with E-state index in [4.69, 9.17) is 0 Å². The Kier molecular flexibility index (Phi) is 3.84. The van der Waals surface area contributed by atoms with E-state index in [2.05, 4.69) is 11.4 Å². The minimum atomic E-state index is -0.990. The van der Waals surface area contributed by atoms with Crippen molar-refractivity contribution in [2.24, 2.45) is 5.41 Å². The summed E-state index contributed by atoms with van der Waals surface area (Å²) >= 11 is 0. The number of halogens is 1. The number of nitrogens with one attached hydrogen (secondary N) is 1. The van der Waals surface area contributed by atoms with Crippen LogP contribution < -0.4 is 5.32 Å². The van der Waals surface area contributed by atoms with E-state index < -0.39 is 11.2 Å². The van der Waals surface area contributed by atoms with Crippen molar-refractivity contribution >= 4 is 11.6 Å². The number of rotatable bonds is 2. The summed E-state index contributed by atoms with van der Waals surface area (Å²) in [7, 11) is 0. The number of hydrogen-bond donors (Lipinski definition) is 1. The quantitative estimate of drug-likeness (QED) is 0.884. The molecule has 0 aliphatic heterocycles. The molecule has 1 amide bonds. The Morgan fingerprint density at radius 3 is 2.63 bits per heavy atom. The predicted molar refractivity (Wildman–Crippen MR) is 70.9 cm³/mol. The van der Waals surface area contributed by atoms with Gasteiger partial charge in [-0.2, -0.15) is 5.26 Å². The molecule has 0 saturated heterocycles. The zero-order valence-corrected chi connectivity index (χ0v) is 11.0. The Balaban J connectivity index is 2.18. The van der Waals surface area contributed by atoms with Gasteiger partial charge in [0.25, 0.3) is 0 Å². The van der Waals surface area contributed by atoms with Crippen molar-refractivity contribution in [2.45, 2.75) is 39.0 Å². The molecule has 0 heterocycles. The smallest absolute Gasteiger partial charge is 0.244 e. The maximum Gasteiger partial charge on any atom is 0.244 e. The molecule has 0 bridgehead atoms. The van der Waals surface area contributed by atoms with E-state index in [-0.39, 0.29) is 11.6 Å². The van der Waals surface area contributed by atoms with Gasteiger partial charge in [-0.05, 0) is 37.5 Å². The Bertz CT molecular complexity index is 527. The highest BCUT2D eigenvalue weighted by molar-refractivity contribution is 5.97. The van der Waals surface area contributed by atoms with Crippen LogP contribution in [0.1, 0.15) is 37.7 Å². The lowest BCUT2D eigenvalue weighted by molar-refractivity contribution is -0.124. The van der Waals surface area contributed by atoms with Crippen LogP contribution in [0.25, 0.3) is 0 Å². The maximum absolute atomic E-state index is 13.7. The van der Waals surface area contributed by atoms with Gasteiger partial charge >= 0.3 is 0 Å². The number of aryl methyl sites for hydroxylation is 1. The first-order valence-corrected chi connectivity index (χ1v) is 6.56. The number of carbonyl (C=O) groups excluding carboxylic acids is 1. The Morgan fingerprint density at radius 1 is 1.37 bits per heavy atom. The fourth-order valence-corrected chi connectivity index (χ4v) is 2.51. The molecule has 1 N–H and O–H groups in total. The van der Waals surface area contributed by atoms with E-state index >= 15 is 0 Å². The minimum absolute atomic E-state index is 0.149. The lowest BCUT2D eigenvalue weighted by atomic mass is 9.74. The number of benzene rings is 1. The van der Waals surface area contributed by atoms with Crippen molar-refractivity contribution < 1.29 is 9.18 Å². The molecule has 0 unspecified atom stereocenters. The molecule has 0 aromatic heterocycles. The Morgan fingerprint density at radius 2 is 2.05 bits per heavy atom. The second kappa shape index (κ2) is 5.40. The number of anilines is 1. The van der Waals surface area contributed by atoms with Crippen LogP contribution in [0.4, 0.5) is 10.1 Å². The van der Waals surface area contributed by atoms with Crippen molar-refractivity contribution in [2.75, 3.05) is 5.32 Å². The van der Waals surface area contributed by atoms with Gasteiger partial charge in [0.05, 0.1) is 11.8 Å². The van der Waals surface area contributed by atoms with E-state index in [0.29, 0.717) is 12.8 Å². The van der Waals surface area contributed by atoms with E-state index in [1.54, 1.807) is 13.0 Å². The molecule has 1 aliphatic carbocycles. The molecule has 1 fully saturated rings. The summed E-state index contributed by atoms with van der Waals surface area (Å²) < 4.78 is 13.7. The van der Waals surface area contributed by atoms with Gasteiger partial charge < -0.3 is 5.32 Å². The number of hydrogen-bond acceptors (Lipinski definition) is 2. The first-order chi connectivity index (χ1) is 9.07. The first kappa shape index (κ1) is 13.5. The summed E-state index contributed by atoms with van der Waals surface area (Å²) in [4.78, 5) is 12.3. The number of amides is 1. The van der Waals surface area contributed by atoms with E-state index in [0.717, 1.165) is 24.8 Å². The van der Waals surface area contributed by atoms with Crippen LogP contribution in [0.15, 0.2) is 18.2 Å². The molecule has 100 valence electrons. The van der Waals surface area contributed by atoms with Crippen molar-refractivity contribution in [3.63, 3.8) is 0 Å². The van der Waals surface area contributed by atoms with E-state index in [1.165, 1.54) is 12.1 Å². The largest absolute Gasteiger partial charge is 0.322 e. The molecule has 3 nitrogen and oxygen atoms in total. The molecule has 19 heavy (non-hydrogen) atoms. The van der Waals surface area contributed by atoms with Crippen molar-refractivity contribution in [3.05, 3.63) is 29.6 Å². The minimum Gasteiger partial charge on any atom is -0.322 e. The fraction of sp³-hybridized carbons (Fsp3) is 0.467. The third-order valence-corrected chi connectivity index (χ3v) is 3.73. The van der Waals surface area contributed by atoms with Gasteiger partial charge in [0.1, 0.15) is 11.2 Å². The summed E-state index contributed by atoms with van der Waals surface area (Å²) in [5.74, 6) is -0.838. The lowest BCUT2D eigenvalue weighted by Crippen LogP contribution is -2.37. The first-order valence-electron chi connectivity index (χ1n) is 6.56. The molecule has 2 rings (SSSR count). The van der Waals surface area contributed by atoms with Gasteiger partial charge in [0, 0.05) is 0 Å². The Hall–Kier alpha value is -1.89. The second-order valence-electron chi connectivity index (χ2n) is 5.19. The predicted octanol–water partition coefficient (Wildman–Crippen LogP) is 3.55. The highest BCUT2D eigenvalue weighted by Crippen LogP contribution is 2.36. The van der Waals surface area contributed by atoms with Crippen molar-refractivity contribution in [3.8, 4) is 6.07 Å². The van der Waals surface area contributed by atoms with Crippen LogP contribution in [-0.4, -0.2) is 5.91 Å². The van der Waals surface area contributed by atoms with Crippen LogP contribution in [0.3, 0.4) is 0 Å². The summed E-state index contributed by atoms with van der Waals surface area (Å²) in [5.41, 5.74) is -0.0470. The van der Waals surface area contributed by atoms with Gasteiger partial charge in [-0.3, -0.25) is 4.79 Å². The average molecular weight is 260 g/mol. The third kappa shape index (κ3) is 2.76. The number of nitrogens with zero attached hydrogens (tertiary/aromatic N) is 1. The van der Waals surface area contributed by atoms with Crippen molar-refractivity contribution in [1.29, 1.82) is 5.26 Å². The number of nitriles is 1. The summed E-state index contributed by atoms with van der Waals surface area (Å²) in [6.07, 6.45) is 3.91. The molecule has 1 aliphatic rings. The summed E-state index contributed by atoms with van der Waals surface area (Å²) in [6.45, 7) is 1.78. The summed E-state index contributed by atoms with van der Waals surface area (Å²) in [6, 6.07) is 6.78. The topological polar surface area (TPSA) is 52.9 Å². The molecule has 0 atom stereocenters. The van der Waals surface area contributed by atoms with Crippen LogP contribution in [0, 0.1) is 29.5 Å². The van der Waals surface area contributed by atoms with Gasteiger partial charge in [0.15, 0.2) is 0 Å². The van der Waals surface area contributed by atoms with Crippen LogP contribution in [0.2, 0.25) is 0 Å². The van der Waals surface area contributed by atoms with Crippen molar-refractivity contribution in [1.82, 2.24) is 0 Å². The normalized spacial score (nSPS) is 17.5. The molecule has 0 radical (unpaired) electrons. The Labute approximate surface area is 112 Å². The molecule has 1 saturated carbocycles. The maximum atomic E-state index is 13.7. The van der Waals surface area contributed by atoms with E-state index in [1.807, 2.05) is 0 Å². The standard InChI is InChI=1S/C15H17FN2O/c1-11-5-6-13(12(16)9-11)18-14(19)15(10-17)7-3-2-4-8-15/h5-6,9H,2-4,7-8H2,1H3,(H,18,19). The molecule has 1 aromatic carbocycles. The highest BCUT2D eigenvalue weighted by atomic mass is 19.1. The second-order valence-corrected chi connectivity index (χ2v) is 5.19. The highest BCUT2D eigenvalue weighted by Gasteiger charge is 2.40. The molecular formula is C15H17FN2O. The fourth-order valence-electron chi connectivity index (χ4n) is 2.51. The van der Waals surface area contributed by atoms with E-state index in [9.17, 15) is 14.4 Å². The summed E-state index contributed by atoms with van der Waals surface area (Å²) in [5, 5.41) is 11.9.